The van der Waals surface area contributed by atoms with E-state index in [4.69, 9.17) is 9.15 Å². The van der Waals surface area contributed by atoms with Crippen LogP contribution < -0.4 is 10.1 Å². The number of carbonyl (C=O) groups excluding carboxylic acids is 1. The largest absolute Gasteiger partial charge is 0.495 e. The van der Waals surface area contributed by atoms with Gasteiger partial charge in [-0.1, -0.05) is 24.3 Å². The number of furan rings is 1. The van der Waals surface area contributed by atoms with Gasteiger partial charge in [0, 0.05) is 23.0 Å². The molecule has 0 fully saturated rings. The molecule has 0 aliphatic heterocycles. The highest BCUT2D eigenvalue weighted by Gasteiger charge is 2.19. The third-order valence-corrected chi connectivity index (χ3v) is 4.48. The summed E-state index contributed by atoms with van der Waals surface area (Å²) in [6.07, 6.45) is 1.68. The molecule has 1 N–H and O–H groups in total. The summed E-state index contributed by atoms with van der Waals surface area (Å²) < 4.78 is 11.4. The van der Waals surface area contributed by atoms with Crippen molar-refractivity contribution in [1.82, 2.24) is 4.98 Å². The number of pyridine rings is 1. The quantitative estimate of drug-likeness (QED) is 0.580. The molecule has 0 aliphatic carbocycles. The highest BCUT2D eigenvalue weighted by atomic mass is 16.5. The first-order valence-corrected chi connectivity index (χ1v) is 8.38. The van der Waals surface area contributed by atoms with Gasteiger partial charge in [-0.15, -0.1) is 0 Å². The summed E-state index contributed by atoms with van der Waals surface area (Å²) in [6, 6.07) is 17.0. The molecule has 5 nitrogen and oxygen atoms in total. The summed E-state index contributed by atoms with van der Waals surface area (Å²) in [7, 11) is 1.58. The Balaban J connectivity index is 1.71. The molecule has 2 heterocycles. The number of benzene rings is 2. The minimum atomic E-state index is -0.382. The number of amides is 1. The standard InChI is InChI=1S/C21H18N2O3/c1-13(16-8-5-6-10-22-16)21(24)23-17-12-19-15(11-20(17)25-2)14-7-3-4-9-18(14)26-19/h3-13H,1-2H3,(H,23,24). The van der Waals surface area contributed by atoms with Crippen molar-refractivity contribution in [2.24, 2.45) is 0 Å². The van der Waals surface area contributed by atoms with Gasteiger partial charge in [0.05, 0.1) is 24.4 Å². The van der Waals surface area contributed by atoms with Crippen LogP contribution in [0.5, 0.6) is 5.75 Å². The fraction of sp³-hybridized carbons (Fsp3) is 0.143. The van der Waals surface area contributed by atoms with E-state index < -0.39 is 0 Å². The maximum Gasteiger partial charge on any atom is 0.233 e. The first-order valence-electron chi connectivity index (χ1n) is 8.38. The van der Waals surface area contributed by atoms with E-state index in [1.807, 2.05) is 55.5 Å². The first kappa shape index (κ1) is 16.1. The highest BCUT2D eigenvalue weighted by Crippen LogP contribution is 2.36. The number of rotatable bonds is 4. The van der Waals surface area contributed by atoms with Crippen LogP contribution in [0.2, 0.25) is 0 Å². The van der Waals surface area contributed by atoms with E-state index in [2.05, 4.69) is 10.3 Å². The summed E-state index contributed by atoms with van der Waals surface area (Å²) in [5.41, 5.74) is 2.79. The van der Waals surface area contributed by atoms with Gasteiger partial charge in [0.2, 0.25) is 5.91 Å². The highest BCUT2D eigenvalue weighted by molar-refractivity contribution is 6.08. The van der Waals surface area contributed by atoms with E-state index in [1.54, 1.807) is 19.4 Å². The van der Waals surface area contributed by atoms with Gasteiger partial charge in [-0.25, -0.2) is 0 Å². The van der Waals surface area contributed by atoms with Crippen molar-refractivity contribution < 1.29 is 13.9 Å². The number of carbonyl (C=O) groups is 1. The van der Waals surface area contributed by atoms with Crippen molar-refractivity contribution in [3.8, 4) is 5.75 Å². The zero-order valence-electron chi connectivity index (χ0n) is 14.5. The third-order valence-electron chi connectivity index (χ3n) is 4.48. The van der Waals surface area contributed by atoms with Crippen molar-refractivity contribution in [3.05, 3.63) is 66.5 Å². The lowest BCUT2D eigenvalue weighted by atomic mass is 10.1. The van der Waals surface area contributed by atoms with Crippen LogP contribution in [0.25, 0.3) is 21.9 Å². The fourth-order valence-corrected chi connectivity index (χ4v) is 3.03. The second kappa shape index (κ2) is 6.52. The summed E-state index contributed by atoms with van der Waals surface area (Å²) >= 11 is 0. The zero-order chi connectivity index (χ0) is 18.1. The molecule has 4 aromatic rings. The van der Waals surface area contributed by atoms with Gasteiger partial charge in [0.15, 0.2) is 0 Å². The summed E-state index contributed by atoms with van der Waals surface area (Å²) in [5.74, 6) is 0.0513. The Labute approximate surface area is 150 Å². The van der Waals surface area contributed by atoms with Crippen LogP contribution in [0.4, 0.5) is 5.69 Å². The molecule has 0 spiro atoms. The SMILES string of the molecule is COc1cc2c(cc1NC(=O)C(C)c1ccccn1)oc1ccccc12. The number of hydrogen-bond donors (Lipinski definition) is 1. The Morgan fingerprint density at radius 2 is 1.88 bits per heavy atom. The monoisotopic (exact) mass is 346 g/mol. The molecule has 5 heteroatoms. The zero-order valence-corrected chi connectivity index (χ0v) is 14.5. The molecule has 0 bridgehead atoms. The average Bonchev–Trinajstić information content (AvgIpc) is 3.04. The fourth-order valence-electron chi connectivity index (χ4n) is 3.03. The van der Waals surface area contributed by atoms with Crippen molar-refractivity contribution in [2.45, 2.75) is 12.8 Å². The molecule has 0 aliphatic rings. The second-order valence-electron chi connectivity index (χ2n) is 6.11. The first-order chi connectivity index (χ1) is 12.7. The minimum absolute atomic E-state index is 0.155. The van der Waals surface area contributed by atoms with Crippen molar-refractivity contribution in [2.75, 3.05) is 12.4 Å². The number of para-hydroxylation sites is 1. The van der Waals surface area contributed by atoms with E-state index in [9.17, 15) is 4.79 Å². The Morgan fingerprint density at radius 1 is 1.08 bits per heavy atom. The lowest BCUT2D eigenvalue weighted by molar-refractivity contribution is -0.117. The number of nitrogens with one attached hydrogen (secondary N) is 1. The molecular weight excluding hydrogens is 328 g/mol. The number of fused-ring (bicyclic) bond motifs is 3. The molecule has 0 saturated heterocycles. The van der Waals surface area contributed by atoms with Crippen LogP contribution in [0.15, 0.2) is 65.2 Å². The number of hydrogen-bond acceptors (Lipinski definition) is 4. The molecule has 1 amide bonds. The normalized spacial score (nSPS) is 12.2. The Morgan fingerprint density at radius 3 is 2.65 bits per heavy atom. The molecule has 1 atom stereocenters. The molecule has 0 radical (unpaired) electrons. The minimum Gasteiger partial charge on any atom is -0.495 e. The molecule has 26 heavy (non-hydrogen) atoms. The van der Waals surface area contributed by atoms with Crippen molar-refractivity contribution >= 4 is 33.5 Å². The van der Waals surface area contributed by atoms with Crippen LogP contribution in [0.3, 0.4) is 0 Å². The van der Waals surface area contributed by atoms with Gasteiger partial charge in [-0.2, -0.15) is 0 Å². The number of anilines is 1. The lowest BCUT2D eigenvalue weighted by Crippen LogP contribution is -2.20. The van der Waals surface area contributed by atoms with Crippen LogP contribution in [-0.4, -0.2) is 18.0 Å². The molecule has 2 aromatic heterocycles. The predicted molar refractivity (Wildman–Crippen MR) is 102 cm³/mol. The molecule has 4 rings (SSSR count). The Bertz CT molecular complexity index is 1090. The molecule has 2 aromatic carbocycles. The topological polar surface area (TPSA) is 64.4 Å². The number of methoxy groups -OCH3 is 1. The van der Waals surface area contributed by atoms with Crippen molar-refractivity contribution in [3.63, 3.8) is 0 Å². The van der Waals surface area contributed by atoms with Crippen LogP contribution >= 0.6 is 0 Å². The van der Waals surface area contributed by atoms with Crippen LogP contribution in [-0.2, 0) is 4.79 Å². The molecule has 130 valence electrons. The number of ether oxygens (including phenoxy) is 1. The number of nitrogens with zero attached hydrogens (tertiary/aromatic N) is 1. The maximum atomic E-state index is 12.7. The lowest BCUT2D eigenvalue weighted by Gasteiger charge is -2.14. The average molecular weight is 346 g/mol. The van der Waals surface area contributed by atoms with Crippen LogP contribution in [0.1, 0.15) is 18.5 Å². The maximum absolute atomic E-state index is 12.7. The van der Waals surface area contributed by atoms with E-state index in [-0.39, 0.29) is 11.8 Å². The third kappa shape index (κ3) is 2.77. The van der Waals surface area contributed by atoms with Crippen molar-refractivity contribution in [1.29, 1.82) is 0 Å². The molecule has 0 saturated carbocycles. The molecule has 1 unspecified atom stereocenters. The van der Waals surface area contributed by atoms with Gasteiger partial charge < -0.3 is 14.5 Å². The smallest absolute Gasteiger partial charge is 0.233 e. The number of aromatic nitrogens is 1. The predicted octanol–water partition coefficient (Wildman–Crippen LogP) is 4.73. The van der Waals surface area contributed by atoms with E-state index in [1.165, 1.54) is 0 Å². The summed E-state index contributed by atoms with van der Waals surface area (Å²) in [6.45, 7) is 1.82. The Hall–Kier alpha value is -3.34. The van der Waals surface area contributed by atoms with E-state index in [0.29, 0.717) is 22.7 Å². The van der Waals surface area contributed by atoms with Gasteiger partial charge >= 0.3 is 0 Å². The van der Waals surface area contributed by atoms with Crippen LogP contribution in [0, 0.1) is 0 Å². The van der Waals surface area contributed by atoms with E-state index in [0.717, 1.165) is 16.4 Å². The van der Waals surface area contributed by atoms with Gasteiger partial charge in [-0.3, -0.25) is 9.78 Å². The van der Waals surface area contributed by atoms with Gasteiger partial charge in [0.1, 0.15) is 16.9 Å². The summed E-state index contributed by atoms with van der Waals surface area (Å²) in [4.78, 5) is 16.9. The summed E-state index contributed by atoms with van der Waals surface area (Å²) in [5, 5.41) is 4.90. The van der Waals surface area contributed by atoms with Gasteiger partial charge in [-0.05, 0) is 31.2 Å². The Kier molecular flexibility index (Phi) is 4.05. The van der Waals surface area contributed by atoms with Gasteiger partial charge in [0.25, 0.3) is 0 Å². The second-order valence-corrected chi connectivity index (χ2v) is 6.11. The van der Waals surface area contributed by atoms with E-state index >= 15 is 0 Å². The molecular formula is C21H18N2O3.